The van der Waals surface area contributed by atoms with Gasteiger partial charge in [0, 0.05) is 18.7 Å². The molecule has 0 aliphatic heterocycles. The van der Waals surface area contributed by atoms with Gasteiger partial charge in [-0.1, -0.05) is 32.0 Å². The first-order valence-corrected chi connectivity index (χ1v) is 11.0. The topological polar surface area (TPSA) is 88.9 Å². The van der Waals surface area contributed by atoms with E-state index in [1.807, 2.05) is 18.2 Å². The van der Waals surface area contributed by atoms with Crippen molar-refractivity contribution in [1.82, 2.24) is 4.31 Å². The summed E-state index contributed by atoms with van der Waals surface area (Å²) in [6, 6.07) is 15.1. The highest BCUT2D eigenvalue weighted by Gasteiger charge is 2.24. The van der Waals surface area contributed by atoms with Gasteiger partial charge >= 0.3 is 0 Å². The SMILES string of the molecule is CCN(CC)S(=O)(=O)c1ccc(Oc2ccccc2)c(NC(=O)c2occc2C)c1. The zero-order valence-corrected chi connectivity index (χ0v) is 17.9. The summed E-state index contributed by atoms with van der Waals surface area (Å²) >= 11 is 0. The second-order valence-corrected chi connectivity index (χ2v) is 8.49. The van der Waals surface area contributed by atoms with Crippen LogP contribution in [0.15, 0.2) is 70.2 Å². The molecular formula is C22H24N2O5S. The number of benzene rings is 2. The predicted molar refractivity (Wildman–Crippen MR) is 114 cm³/mol. The molecule has 0 spiro atoms. The number of carbonyl (C=O) groups is 1. The van der Waals surface area contributed by atoms with E-state index in [9.17, 15) is 13.2 Å². The number of para-hydroxylation sites is 1. The summed E-state index contributed by atoms with van der Waals surface area (Å²) in [7, 11) is -3.71. The molecule has 0 aliphatic rings. The molecule has 8 heteroatoms. The summed E-state index contributed by atoms with van der Waals surface area (Å²) in [5.74, 6) is 0.532. The first-order valence-electron chi connectivity index (χ1n) is 9.59. The molecule has 30 heavy (non-hydrogen) atoms. The van der Waals surface area contributed by atoms with E-state index in [4.69, 9.17) is 9.15 Å². The van der Waals surface area contributed by atoms with Gasteiger partial charge in [-0.25, -0.2) is 8.42 Å². The third-order valence-electron chi connectivity index (χ3n) is 4.58. The lowest BCUT2D eigenvalue weighted by atomic mass is 10.2. The third kappa shape index (κ3) is 4.55. The fourth-order valence-electron chi connectivity index (χ4n) is 2.97. The van der Waals surface area contributed by atoms with Crippen LogP contribution in [-0.2, 0) is 10.0 Å². The second kappa shape index (κ2) is 9.15. The van der Waals surface area contributed by atoms with E-state index < -0.39 is 15.9 Å². The molecular weight excluding hydrogens is 404 g/mol. The Labute approximate surface area is 176 Å². The standard InChI is InChI=1S/C22H24N2O5S/c1-4-24(5-2)30(26,27)18-11-12-20(29-17-9-7-6-8-10-17)19(15-18)23-22(25)21-16(3)13-14-28-21/h6-15H,4-5H2,1-3H3,(H,23,25). The molecule has 0 unspecified atom stereocenters. The van der Waals surface area contributed by atoms with Crippen LogP contribution in [0.25, 0.3) is 0 Å². The quantitative estimate of drug-likeness (QED) is 0.563. The monoisotopic (exact) mass is 428 g/mol. The van der Waals surface area contributed by atoms with Gasteiger partial charge in [0.05, 0.1) is 16.8 Å². The third-order valence-corrected chi connectivity index (χ3v) is 6.63. The molecule has 1 N–H and O–H groups in total. The molecule has 0 radical (unpaired) electrons. The molecule has 158 valence electrons. The molecule has 0 atom stereocenters. The van der Waals surface area contributed by atoms with Gasteiger partial charge in [-0.3, -0.25) is 4.79 Å². The second-order valence-electron chi connectivity index (χ2n) is 6.55. The van der Waals surface area contributed by atoms with E-state index in [0.29, 0.717) is 30.2 Å². The highest BCUT2D eigenvalue weighted by atomic mass is 32.2. The lowest BCUT2D eigenvalue weighted by Crippen LogP contribution is -2.30. The van der Waals surface area contributed by atoms with Crippen LogP contribution < -0.4 is 10.1 Å². The number of sulfonamides is 1. The first-order chi connectivity index (χ1) is 14.4. The van der Waals surface area contributed by atoms with Gasteiger partial charge in [-0.2, -0.15) is 4.31 Å². The molecule has 2 aromatic carbocycles. The Morgan fingerprint density at radius 1 is 1.07 bits per heavy atom. The van der Waals surface area contributed by atoms with Crippen LogP contribution in [0.4, 0.5) is 5.69 Å². The molecule has 7 nitrogen and oxygen atoms in total. The van der Waals surface area contributed by atoms with E-state index in [1.54, 1.807) is 39.0 Å². The maximum absolute atomic E-state index is 12.9. The van der Waals surface area contributed by atoms with Crippen molar-refractivity contribution in [2.45, 2.75) is 25.7 Å². The molecule has 0 saturated heterocycles. The van der Waals surface area contributed by atoms with Crippen LogP contribution in [0.5, 0.6) is 11.5 Å². The van der Waals surface area contributed by atoms with Crippen molar-refractivity contribution >= 4 is 21.6 Å². The fraction of sp³-hybridized carbons (Fsp3) is 0.227. The van der Waals surface area contributed by atoms with Gasteiger partial charge in [0.2, 0.25) is 10.0 Å². The van der Waals surface area contributed by atoms with Gasteiger partial charge < -0.3 is 14.5 Å². The van der Waals surface area contributed by atoms with Gasteiger partial charge in [0.1, 0.15) is 5.75 Å². The van der Waals surface area contributed by atoms with E-state index in [-0.39, 0.29) is 16.3 Å². The number of amides is 1. The number of anilines is 1. The Kier molecular flexibility index (Phi) is 6.59. The summed E-state index contributed by atoms with van der Waals surface area (Å²) in [4.78, 5) is 12.8. The number of hydrogen-bond acceptors (Lipinski definition) is 5. The molecule has 1 heterocycles. The molecule has 3 rings (SSSR count). The molecule has 3 aromatic rings. The number of furan rings is 1. The van der Waals surface area contributed by atoms with Crippen molar-refractivity contribution in [2.75, 3.05) is 18.4 Å². The minimum absolute atomic E-state index is 0.0677. The summed E-state index contributed by atoms with van der Waals surface area (Å²) in [6.45, 7) is 5.98. The number of carbonyl (C=O) groups excluding carboxylic acids is 1. The van der Waals surface area contributed by atoms with E-state index in [0.717, 1.165) is 0 Å². The average Bonchev–Trinajstić information content (AvgIpc) is 3.16. The van der Waals surface area contributed by atoms with Crippen LogP contribution in [0.2, 0.25) is 0 Å². The van der Waals surface area contributed by atoms with Crippen LogP contribution in [0.3, 0.4) is 0 Å². The number of nitrogens with one attached hydrogen (secondary N) is 1. The Morgan fingerprint density at radius 2 is 1.77 bits per heavy atom. The Balaban J connectivity index is 2.02. The fourth-order valence-corrected chi connectivity index (χ4v) is 4.45. The smallest absolute Gasteiger partial charge is 0.291 e. The first kappa shape index (κ1) is 21.6. The van der Waals surface area contributed by atoms with Crippen molar-refractivity contribution in [3.8, 4) is 11.5 Å². The minimum Gasteiger partial charge on any atom is -0.459 e. The van der Waals surface area contributed by atoms with Crippen LogP contribution in [-0.4, -0.2) is 31.7 Å². The molecule has 1 amide bonds. The zero-order chi connectivity index (χ0) is 21.7. The Bertz CT molecular complexity index is 1120. The van der Waals surface area contributed by atoms with E-state index in [2.05, 4.69) is 5.32 Å². The Morgan fingerprint density at radius 3 is 2.37 bits per heavy atom. The number of aryl methyl sites for hydroxylation is 1. The van der Waals surface area contributed by atoms with Gasteiger partial charge in [0.15, 0.2) is 11.5 Å². The predicted octanol–water partition coefficient (Wildman–Crippen LogP) is 4.66. The van der Waals surface area contributed by atoms with Crippen molar-refractivity contribution < 1.29 is 22.4 Å². The van der Waals surface area contributed by atoms with Gasteiger partial charge in [0.25, 0.3) is 5.91 Å². The molecule has 0 fully saturated rings. The zero-order valence-electron chi connectivity index (χ0n) is 17.1. The van der Waals surface area contributed by atoms with Gasteiger partial charge in [-0.05, 0) is 43.3 Å². The normalized spacial score (nSPS) is 11.5. The number of ether oxygens (including phenoxy) is 1. The van der Waals surface area contributed by atoms with E-state index >= 15 is 0 Å². The number of hydrogen-bond donors (Lipinski definition) is 1. The highest BCUT2D eigenvalue weighted by Crippen LogP contribution is 2.33. The number of rotatable bonds is 8. The van der Waals surface area contributed by atoms with Gasteiger partial charge in [-0.15, -0.1) is 0 Å². The summed E-state index contributed by atoms with van der Waals surface area (Å²) in [5, 5.41) is 2.72. The maximum Gasteiger partial charge on any atom is 0.291 e. The van der Waals surface area contributed by atoms with Crippen molar-refractivity contribution in [2.24, 2.45) is 0 Å². The molecule has 0 saturated carbocycles. The summed E-state index contributed by atoms with van der Waals surface area (Å²) in [6.07, 6.45) is 1.42. The highest BCUT2D eigenvalue weighted by molar-refractivity contribution is 7.89. The minimum atomic E-state index is -3.71. The van der Waals surface area contributed by atoms with Crippen molar-refractivity contribution in [1.29, 1.82) is 0 Å². The van der Waals surface area contributed by atoms with Crippen LogP contribution >= 0.6 is 0 Å². The van der Waals surface area contributed by atoms with Crippen LogP contribution in [0, 0.1) is 6.92 Å². The van der Waals surface area contributed by atoms with Crippen molar-refractivity contribution in [3.05, 3.63) is 72.2 Å². The largest absolute Gasteiger partial charge is 0.459 e. The Hall–Kier alpha value is -3.10. The van der Waals surface area contributed by atoms with Crippen molar-refractivity contribution in [3.63, 3.8) is 0 Å². The van der Waals surface area contributed by atoms with E-state index in [1.165, 1.54) is 28.8 Å². The summed E-state index contributed by atoms with van der Waals surface area (Å²) < 4.78 is 38.4. The van der Waals surface area contributed by atoms with Crippen LogP contribution in [0.1, 0.15) is 30.0 Å². The molecule has 0 bridgehead atoms. The number of nitrogens with zero attached hydrogens (tertiary/aromatic N) is 1. The molecule has 0 aliphatic carbocycles. The average molecular weight is 429 g/mol. The maximum atomic E-state index is 12.9. The lowest BCUT2D eigenvalue weighted by molar-refractivity contribution is 0.0995. The summed E-state index contributed by atoms with van der Waals surface area (Å²) in [5.41, 5.74) is 0.901. The lowest BCUT2D eigenvalue weighted by Gasteiger charge is -2.20. The molecule has 1 aromatic heterocycles.